The number of nitrogens with zero attached hydrogens (tertiary/aromatic N) is 2. The molecular weight excluding hydrogens is 258 g/mol. The highest BCUT2D eigenvalue weighted by atomic mass is 16.4. The zero-order chi connectivity index (χ0) is 14.4. The first-order chi connectivity index (χ1) is 9.66. The first-order valence-electron chi connectivity index (χ1n) is 5.75. The standard InChI is InChI=1S/C14H11N3O3/c18-11(7-6-10-4-2-1-3-5-10)17-13-12(14(19)20)15-8-9-16-13/h1-9H,(H,19,20)(H,16,17,18). The molecule has 1 amide bonds. The summed E-state index contributed by atoms with van der Waals surface area (Å²) in [5.74, 6) is -1.81. The van der Waals surface area contributed by atoms with Crippen molar-refractivity contribution in [1.29, 1.82) is 0 Å². The minimum Gasteiger partial charge on any atom is -0.476 e. The van der Waals surface area contributed by atoms with Crippen LogP contribution in [0.25, 0.3) is 6.08 Å². The van der Waals surface area contributed by atoms with Crippen LogP contribution in [0.15, 0.2) is 48.8 Å². The highest BCUT2D eigenvalue weighted by Crippen LogP contribution is 2.08. The SMILES string of the molecule is O=C(C=Cc1ccccc1)Nc1nccnc1C(=O)O. The molecule has 0 fully saturated rings. The molecule has 0 atom stereocenters. The van der Waals surface area contributed by atoms with Crippen LogP contribution in [-0.4, -0.2) is 27.0 Å². The second kappa shape index (κ2) is 6.24. The minimum atomic E-state index is -1.25. The maximum absolute atomic E-state index is 11.7. The summed E-state index contributed by atoms with van der Waals surface area (Å²) >= 11 is 0. The van der Waals surface area contributed by atoms with Gasteiger partial charge in [0.05, 0.1) is 0 Å². The molecule has 0 saturated heterocycles. The molecule has 0 unspecified atom stereocenters. The van der Waals surface area contributed by atoms with Crippen LogP contribution in [0.2, 0.25) is 0 Å². The lowest BCUT2D eigenvalue weighted by atomic mass is 10.2. The normalized spacial score (nSPS) is 10.4. The molecule has 2 rings (SSSR count). The monoisotopic (exact) mass is 269 g/mol. The number of amides is 1. The summed E-state index contributed by atoms with van der Waals surface area (Å²) < 4.78 is 0. The van der Waals surface area contributed by atoms with Gasteiger partial charge < -0.3 is 10.4 Å². The molecule has 6 heteroatoms. The fourth-order valence-electron chi connectivity index (χ4n) is 1.48. The maximum atomic E-state index is 11.7. The third kappa shape index (κ3) is 3.49. The quantitative estimate of drug-likeness (QED) is 0.826. The lowest BCUT2D eigenvalue weighted by Crippen LogP contribution is -2.14. The van der Waals surface area contributed by atoms with Gasteiger partial charge in [-0.3, -0.25) is 4.79 Å². The van der Waals surface area contributed by atoms with Gasteiger partial charge in [0.25, 0.3) is 0 Å². The molecule has 0 aliphatic carbocycles. The molecule has 1 heterocycles. The van der Waals surface area contributed by atoms with E-state index in [0.29, 0.717) is 0 Å². The number of anilines is 1. The molecule has 1 aromatic carbocycles. The molecule has 2 N–H and O–H groups in total. The van der Waals surface area contributed by atoms with Crippen molar-refractivity contribution in [1.82, 2.24) is 9.97 Å². The van der Waals surface area contributed by atoms with Crippen molar-refractivity contribution < 1.29 is 14.7 Å². The van der Waals surface area contributed by atoms with Gasteiger partial charge in [-0.05, 0) is 11.6 Å². The smallest absolute Gasteiger partial charge is 0.358 e. The Kier molecular flexibility index (Phi) is 4.18. The van der Waals surface area contributed by atoms with Crippen molar-refractivity contribution in [2.75, 3.05) is 5.32 Å². The predicted molar refractivity (Wildman–Crippen MR) is 73.1 cm³/mol. The summed E-state index contributed by atoms with van der Waals surface area (Å²) in [6, 6.07) is 9.26. The maximum Gasteiger partial charge on any atom is 0.358 e. The van der Waals surface area contributed by atoms with E-state index in [-0.39, 0.29) is 11.5 Å². The highest BCUT2D eigenvalue weighted by Gasteiger charge is 2.13. The fraction of sp³-hybridized carbons (Fsp3) is 0. The Balaban J connectivity index is 2.09. The summed E-state index contributed by atoms with van der Waals surface area (Å²) in [6.07, 6.45) is 5.48. The zero-order valence-electron chi connectivity index (χ0n) is 10.4. The van der Waals surface area contributed by atoms with Crippen molar-refractivity contribution in [2.24, 2.45) is 0 Å². The third-order valence-corrected chi connectivity index (χ3v) is 2.37. The molecule has 20 heavy (non-hydrogen) atoms. The highest BCUT2D eigenvalue weighted by molar-refractivity contribution is 6.04. The second-order valence-corrected chi connectivity index (χ2v) is 3.79. The van der Waals surface area contributed by atoms with Crippen molar-refractivity contribution in [3.05, 3.63) is 60.1 Å². The molecule has 100 valence electrons. The van der Waals surface area contributed by atoms with E-state index in [9.17, 15) is 9.59 Å². The van der Waals surface area contributed by atoms with E-state index in [1.165, 1.54) is 18.5 Å². The second-order valence-electron chi connectivity index (χ2n) is 3.79. The number of hydrogen-bond acceptors (Lipinski definition) is 4. The van der Waals surface area contributed by atoms with Crippen molar-refractivity contribution >= 4 is 23.8 Å². The first-order valence-corrected chi connectivity index (χ1v) is 5.75. The van der Waals surface area contributed by atoms with Crippen LogP contribution in [0.1, 0.15) is 16.1 Å². The van der Waals surface area contributed by atoms with E-state index < -0.39 is 11.9 Å². The zero-order valence-corrected chi connectivity index (χ0v) is 10.4. The minimum absolute atomic E-state index is 0.0808. The van der Waals surface area contributed by atoms with Crippen LogP contribution in [0, 0.1) is 0 Å². The lowest BCUT2D eigenvalue weighted by molar-refractivity contribution is -0.111. The molecule has 0 radical (unpaired) electrons. The lowest BCUT2D eigenvalue weighted by Gasteiger charge is -2.03. The van der Waals surface area contributed by atoms with Gasteiger partial charge in [-0.15, -0.1) is 0 Å². The van der Waals surface area contributed by atoms with Gasteiger partial charge in [-0.2, -0.15) is 0 Å². The van der Waals surface area contributed by atoms with Crippen LogP contribution in [0.3, 0.4) is 0 Å². The summed E-state index contributed by atoms with van der Waals surface area (Å²) in [6.45, 7) is 0. The van der Waals surface area contributed by atoms with E-state index in [1.54, 1.807) is 6.08 Å². The van der Waals surface area contributed by atoms with E-state index in [2.05, 4.69) is 15.3 Å². The summed E-state index contributed by atoms with van der Waals surface area (Å²) in [4.78, 5) is 30.0. The number of aromatic carboxylic acids is 1. The predicted octanol–water partition coefficient (Wildman–Crippen LogP) is 1.83. The van der Waals surface area contributed by atoms with Crippen LogP contribution in [0.4, 0.5) is 5.82 Å². The number of nitrogens with one attached hydrogen (secondary N) is 1. The molecular formula is C14H11N3O3. The Hall–Kier alpha value is -3.02. The molecule has 0 aliphatic rings. The molecule has 0 bridgehead atoms. The molecule has 1 aromatic heterocycles. The van der Waals surface area contributed by atoms with Crippen LogP contribution < -0.4 is 5.32 Å². The Bertz CT molecular complexity index is 654. The topological polar surface area (TPSA) is 92.2 Å². The van der Waals surface area contributed by atoms with E-state index in [1.807, 2.05) is 30.3 Å². The Labute approximate surface area is 114 Å². The van der Waals surface area contributed by atoms with Crippen molar-refractivity contribution in [3.63, 3.8) is 0 Å². The summed E-state index contributed by atoms with van der Waals surface area (Å²) in [5, 5.41) is 11.3. The number of carboxylic acids is 1. The van der Waals surface area contributed by atoms with Crippen LogP contribution in [-0.2, 0) is 4.79 Å². The van der Waals surface area contributed by atoms with Gasteiger partial charge in [-0.25, -0.2) is 14.8 Å². The van der Waals surface area contributed by atoms with Gasteiger partial charge in [-0.1, -0.05) is 30.3 Å². The number of carboxylic acid groups (broad SMARTS) is 1. The third-order valence-electron chi connectivity index (χ3n) is 2.37. The van der Waals surface area contributed by atoms with Crippen LogP contribution >= 0.6 is 0 Å². The average molecular weight is 269 g/mol. The number of carbonyl (C=O) groups is 2. The Morgan fingerprint density at radius 1 is 1.10 bits per heavy atom. The average Bonchev–Trinajstić information content (AvgIpc) is 2.46. The van der Waals surface area contributed by atoms with Gasteiger partial charge in [0.1, 0.15) is 0 Å². The van der Waals surface area contributed by atoms with Gasteiger partial charge in [0.2, 0.25) is 5.91 Å². The molecule has 0 saturated carbocycles. The number of aromatic nitrogens is 2. The van der Waals surface area contributed by atoms with Gasteiger partial charge in [0, 0.05) is 18.5 Å². The van der Waals surface area contributed by atoms with Crippen LogP contribution in [0.5, 0.6) is 0 Å². The fourth-order valence-corrected chi connectivity index (χ4v) is 1.48. The molecule has 2 aromatic rings. The molecule has 0 aliphatic heterocycles. The van der Waals surface area contributed by atoms with E-state index in [4.69, 9.17) is 5.11 Å². The summed E-state index contributed by atoms with van der Waals surface area (Å²) in [7, 11) is 0. The Morgan fingerprint density at radius 2 is 1.80 bits per heavy atom. The summed E-state index contributed by atoms with van der Waals surface area (Å²) in [5.41, 5.74) is 0.564. The number of rotatable bonds is 4. The van der Waals surface area contributed by atoms with Crippen molar-refractivity contribution in [2.45, 2.75) is 0 Å². The van der Waals surface area contributed by atoms with Gasteiger partial charge >= 0.3 is 5.97 Å². The Morgan fingerprint density at radius 3 is 2.50 bits per heavy atom. The number of hydrogen-bond donors (Lipinski definition) is 2. The van der Waals surface area contributed by atoms with Crippen molar-refractivity contribution in [3.8, 4) is 0 Å². The number of benzene rings is 1. The van der Waals surface area contributed by atoms with E-state index >= 15 is 0 Å². The largest absolute Gasteiger partial charge is 0.476 e. The molecule has 0 spiro atoms. The van der Waals surface area contributed by atoms with E-state index in [0.717, 1.165) is 5.56 Å². The van der Waals surface area contributed by atoms with Gasteiger partial charge in [0.15, 0.2) is 11.5 Å². The first kappa shape index (κ1) is 13.4. The molecule has 6 nitrogen and oxygen atoms in total. The number of carbonyl (C=O) groups excluding carboxylic acids is 1.